The number of nitrogens with zero attached hydrogens (tertiary/aromatic N) is 2. The van der Waals surface area contributed by atoms with Crippen molar-refractivity contribution in [1.29, 1.82) is 0 Å². The number of carbonyl (C=O) groups is 4. The van der Waals surface area contributed by atoms with E-state index >= 15 is 0 Å². The summed E-state index contributed by atoms with van der Waals surface area (Å²) in [5, 5.41) is 3.03. The predicted octanol–water partition coefficient (Wildman–Crippen LogP) is 5.27. The van der Waals surface area contributed by atoms with Crippen molar-refractivity contribution in [1.82, 2.24) is 19.9 Å². The molecule has 296 valence electrons. The SMILES string of the molecule is COC(=O)N[C@@H](CCCCC/C=C\[C@@H]1C[C@@H]1C(=O)NS(=O)(=O)C1CC1)C(=O)N1C[C@H](Oc2cc(-c3ccc(C)cc3)nc3c2oc2ccccc23)C[C@H]1C(N)=O. The number of likely N-dealkylation sites (tertiary alicyclic amines) is 1. The third-order valence-electron chi connectivity index (χ3n) is 10.7. The summed E-state index contributed by atoms with van der Waals surface area (Å²) >= 11 is 0. The fourth-order valence-corrected chi connectivity index (χ4v) is 8.67. The minimum absolute atomic E-state index is 0.0284. The van der Waals surface area contributed by atoms with Gasteiger partial charge in [0.1, 0.15) is 29.3 Å². The fraction of sp³-hybridized carbons (Fsp3) is 0.439. The Morgan fingerprint density at radius 3 is 2.55 bits per heavy atom. The smallest absolute Gasteiger partial charge is 0.407 e. The average Bonchev–Trinajstić information content (AvgIpc) is 4.10. The summed E-state index contributed by atoms with van der Waals surface area (Å²) in [5.41, 5.74) is 10.2. The summed E-state index contributed by atoms with van der Waals surface area (Å²) in [6, 6.07) is 15.4. The first-order chi connectivity index (χ1) is 26.9. The summed E-state index contributed by atoms with van der Waals surface area (Å²) in [4.78, 5) is 57.8. The normalized spacial score (nSPS) is 21.3. The Morgan fingerprint density at radius 2 is 1.82 bits per heavy atom. The van der Waals surface area contributed by atoms with E-state index in [0.29, 0.717) is 60.2 Å². The lowest BCUT2D eigenvalue weighted by Crippen LogP contribution is -2.53. The van der Waals surface area contributed by atoms with Crippen LogP contribution in [0.25, 0.3) is 33.3 Å². The number of para-hydroxylation sites is 1. The summed E-state index contributed by atoms with van der Waals surface area (Å²) in [6.45, 7) is 2.06. The number of furan rings is 1. The van der Waals surface area contributed by atoms with Crippen LogP contribution in [0.5, 0.6) is 5.75 Å². The van der Waals surface area contributed by atoms with E-state index < -0.39 is 57.3 Å². The standard InChI is InChI=1S/C41H47N5O9S/c1-24-14-16-25(17-15-24)32-22-35(37-36(43-32)29-11-8-9-13-34(29)55-37)54-27-21-33(38(42)47)46(23-27)40(49)31(44-41(50)53-2)12-7-5-3-4-6-10-26-20-30(26)39(48)45-56(51,52)28-18-19-28/h6,8-11,13-17,22,26-28,30-31,33H,3-5,7,12,18-21,23H2,1-2H3,(H2,42,47)(H,44,50)(H,45,48)/b10-6-/t26-,27-,30+,31+,33+/m1/s1. The number of carbonyl (C=O) groups excluding carboxylic acids is 4. The maximum atomic E-state index is 14.0. The first-order valence-corrected chi connectivity index (χ1v) is 20.7. The topological polar surface area (TPSA) is 200 Å². The van der Waals surface area contributed by atoms with Gasteiger partial charge in [-0.1, -0.05) is 67.0 Å². The molecule has 14 nitrogen and oxygen atoms in total. The molecule has 1 saturated heterocycles. The molecule has 0 bridgehead atoms. The number of aromatic nitrogens is 1. The van der Waals surface area contributed by atoms with Crippen LogP contribution in [0.3, 0.4) is 0 Å². The number of primary amides is 1. The molecule has 0 spiro atoms. The van der Waals surface area contributed by atoms with Crippen molar-refractivity contribution in [2.45, 2.75) is 88.1 Å². The van der Waals surface area contributed by atoms with Crippen LogP contribution < -0.4 is 20.5 Å². The number of unbranched alkanes of at least 4 members (excludes halogenated alkanes) is 3. The third kappa shape index (κ3) is 8.83. The molecule has 3 heterocycles. The van der Waals surface area contributed by atoms with Crippen LogP contribution in [-0.2, 0) is 29.1 Å². The molecular formula is C41H47N5O9S. The first kappa shape index (κ1) is 38.8. The lowest BCUT2D eigenvalue weighted by molar-refractivity contribution is -0.139. The molecule has 3 fully saturated rings. The van der Waals surface area contributed by atoms with Crippen molar-refractivity contribution in [3.63, 3.8) is 0 Å². The zero-order valence-corrected chi connectivity index (χ0v) is 32.3. The van der Waals surface area contributed by atoms with Crippen molar-refractivity contribution in [2.24, 2.45) is 17.6 Å². The highest BCUT2D eigenvalue weighted by atomic mass is 32.2. The van der Waals surface area contributed by atoms with Crippen molar-refractivity contribution in [2.75, 3.05) is 13.7 Å². The lowest BCUT2D eigenvalue weighted by atomic mass is 10.0. The van der Waals surface area contributed by atoms with E-state index in [0.717, 1.165) is 35.8 Å². The highest BCUT2D eigenvalue weighted by molar-refractivity contribution is 7.90. The van der Waals surface area contributed by atoms with Crippen LogP contribution in [-0.4, -0.2) is 79.2 Å². The lowest BCUT2D eigenvalue weighted by Gasteiger charge is -2.27. The van der Waals surface area contributed by atoms with Gasteiger partial charge < -0.3 is 29.8 Å². The van der Waals surface area contributed by atoms with Gasteiger partial charge in [0.15, 0.2) is 11.3 Å². The highest BCUT2D eigenvalue weighted by Gasteiger charge is 2.45. The molecule has 5 atom stereocenters. The molecule has 3 aliphatic rings. The Labute approximate surface area is 325 Å². The molecule has 2 aliphatic carbocycles. The summed E-state index contributed by atoms with van der Waals surface area (Å²) < 4.78 is 43.9. The molecule has 4 N–H and O–H groups in total. The minimum Gasteiger partial charge on any atom is -0.484 e. The van der Waals surface area contributed by atoms with Gasteiger partial charge >= 0.3 is 6.09 Å². The molecule has 7 rings (SSSR count). The fourth-order valence-electron chi connectivity index (χ4n) is 7.31. The minimum atomic E-state index is -3.54. The van der Waals surface area contributed by atoms with E-state index in [-0.39, 0.29) is 24.8 Å². The number of hydrogen-bond donors (Lipinski definition) is 3. The van der Waals surface area contributed by atoms with Crippen LogP contribution in [0.15, 0.2) is 71.2 Å². The number of nitrogens with two attached hydrogens (primary N) is 1. The number of benzene rings is 2. The molecule has 2 aromatic carbocycles. The molecule has 2 saturated carbocycles. The van der Waals surface area contributed by atoms with Gasteiger partial charge in [-0.3, -0.25) is 19.1 Å². The molecule has 0 unspecified atom stereocenters. The Morgan fingerprint density at radius 1 is 1.05 bits per heavy atom. The number of amides is 4. The molecular weight excluding hydrogens is 739 g/mol. The number of aryl methyl sites for hydroxylation is 1. The van der Waals surface area contributed by atoms with Gasteiger partial charge in [0, 0.05) is 29.4 Å². The zero-order valence-electron chi connectivity index (χ0n) is 31.4. The van der Waals surface area contributed by atoms with Gasteiger partial charge in [0.05, 0.1) is 24.6 Å². The maximum Gasteiger partial charge on any atom is 0.407 e. The van der Waals surface area contributed by atoms with E-state index in [9.17, 15) is 27.6 Å². The van der Waals surface area contributed by atoms with Gasteiger partial charge in [-0.25, -0.2) is 18.2 Å². The van der Waals surface area contributed by atoms with Gasteiger partial charge in [-0.15, -0.1) is 0 Å². The van der Waals surface area contributed by atoms with Crippen LogP contribution in [0.1, 0.15) is 63.4 Å². The molecule has 2 aromatic heterocycles. The molecule has 4 aromatic rings. The Kier molecular flexibility index (Phi) is 11.3. The van der Waals surface area contributed by atoms with E-state index in [4.69, 9.17) is 24.6 Å². The number of nitrogens with one attached hydrogen (secondary N) is 2. The number of rotatable bonds is 16. The Bertz CT molecular complexity index is 2270. The van der Waals surface area contributed by atoms with E-state index in [1.54, 1.807) is 6.07 Å². The van der Waals surface area contributed by atoms with Gasteiger partial charge in [-0.2, -0.15) is 0 Å². The Balaban J connectivity index is 0.980. The number of fused-ring (bicyclic) bond motifs is 3. The van der Waals surface area contributed by atoms with E-state index in [1.807, 2.05) is 67.6 Å². The second kappa shape index (κ2) is 16.3. The summed E-state index contributed by atoms with van der Waals surface area (Å²) in [6.07, 6.45) is 7.72. The highest BCUT2D eigenvalue weighted by Crippen LogP contribution is 2.41. The quantitative estimate of drug-likeness (QED) is 0.0994. The molecule has 0 radical (unpaired) electrons. The number of alkyl carbamates (subject to hydrolysis) is 1. The summed E-state index contributed by atoms with van der Waals surface area (Å²) in [7, 11) is -2.33. The van der Waals surface area contributed by atoms with Crippen LogP contribution in [0, 0.1) is 18.8 Å². The first-order valence-electron chi connectivity index (χ1n) is 19.1. The monoisotopic (exact) mass is 785 g/mol. The van der Waals surface area contributed by atoms with E-state index in [1.165, 1.54) is 12.0 Å². The number of sulfonamides is 1. The zero-order chi connectivity index (χ0) is 39.6. The molecule has 15 heteroatoms. The van der Waals surface area contributed by atoms with Crippen molar-refractivity contribution < 1.29 is 41.5 Å². The molecule has 56 heavy (non-hydrogen) atoms. The maximum absolute atomic E-state index is 14.0. The second-order valence-corrected chi connectivity index (χ2v) is 17.0. The second-order valence-electron chi connectivity index (χ2n) is 15.0. The number of allylic oxidation sites excluding steroid dienone is 2. The number of pyridine rings is 1. The van der Waals surface area contributed by atoms with Crippen molar-refractivity contribution in [3.05, 3.63) is 72.3 Å². The third-order valence-corrected chi connectivity index (χ3v) is 12.5. The van der Waals surface area contributed by atoms with Crippen LogP contribution in [0.4, 0.5) is 4.79 Å². The number of hydrogen-bond acceptors (Lipinski definition) is 10. The number of ether oxygens (including phenoxy) is 2. The van der Waals surface area contributed by atoms with Gasteiger partial charge in [0.25, 0.3) is 0 Å². The molecule has 4 amide bonds. The predicted molar refractivity (Wildman–Crippen MR) is 209 cm³/mol. The van der Waals surface area contributed by atoms with Crippen LogP contribution in [0.2, 0.25) is 0 Å². The van der Waals surface area contributed by atoms with Gasteiger partial charge in [-0.05, 0) is 63.5 Å². The van der Waals surface area contributed by atoms with Gasteiger partial charge in [0.2, 0.25) is 27.7 Å². The average molecular weight is 786 g/mol. The Hall–Kier alpha value is -5.44. The van der Waals surface area contributed by atoms with E-state index in [2.05, 4.69) is 10.0 Å². The number of methoxy groups -OCH3 is 1. The summed E-state index contributed by atoms with van der Waals surface area (Å²) in [5.74, 6) is -1.44. The van der Waals surface area contributed by atoms with Crippen LogP contribution >= 0.6 is 0 Å². The molecule has 1 aliphatic heterocycles. The van der Waals surface area contributed by atoms with Crippen molar-refractivity contribution in [3.8, 4) is 17.0 Å². The largest absolute Gasteiger partial charge is 0.484 e. The van der Waals surface area contributed by atoms with Crippen molar-refractivity contribution >= 4 is 55.9 Å².